The third-order valence-electron chi connectivity index (χ3n) is 4.11. The van der Waals surface area contributed by atoms with Gasteiger partial charge in [-0.3, -0.25) is 9.59 Å². The van der Waals surface area contributed by atoms with Crippen LogP contribution in [-0.4, -0.2) is 18.9 Å². The number of rotatable bonds is 5. The van der Waals surface area contributed by atoms with Crippen LogP contribution in [0.3, 0.4) is 0 Å². The number of esters is 1. The molecule has 1 fully saturated rings. The lowest BCUT2D eigenvalue weighted by molar-refractivity contribution is -0.139. The van der Waals surface area contributed by atoms with Gasteiger partial charge in [0.2, 0.25) is 0 Å². The van der Waals surface area contributed by atoms with E-state index < -0.39 is 0 Å². The Labute approximate surface area is 126 Å². The zero-order chi connectivity index (χ0) is 15.1. The van der Waals surface area contributed by atoms with Gasteiger partial charge in [0.15, 0.2) is 0 Å². The van der Waals surface area contributed by atoms with E-state index in [1.54, 1.807) is 0 Å². The smallest absolute Gasteiger partial charge is 0.302 e. The van der Waals surface area contributed by atoms with Crippen LogP contribution in [-0.2, 0) is 9.53 Å². The van der Waals surface area contributed by atoms with Gasteiger partial charge < -0.3 is 4.74 Å². The van der Waals surface area contributed by atoms with Gasteiger partial charge in [0.25, 0.3) is 0 Å². The van der Waals surface area contributed by atoms with Crippen LogP contribution in [0.1, 0.15) is 54.4 Å². The summed E-state index contributed by atoms with van der Waals surface area (Å²) in [6.45, 7) is 1.80. The topological polar surface area (TPSA) is 43.4 Å². The van der Waals surface area contributed by atoms with E-state index in [0.29, 0.717) is 18.4 Å². The van der Waals surface area contributed by atoms with E-state index >= 15 is 0 Å². The van der Waals surface area contributed by atoms with Gasteiger partial charge in [0.1, 0.15) is 12.9 Å². The first-order valence-corrected chi connectivity index (χ1v) is 7.54. The Hall–Kier alpha value is -1.90. The van der Waals surface area contributed by atoms with E-state index in [-0.39, 0.29) is 5.97 Å². The van der Waals surface area contributed by atoms with Gasteiger partial charge in [0, 0.05) is 12.5 Å². The molecule has 0 saturated heterocycles. The van der Waals surface area contributed by atoms with E-state index in [0.717, 1.165) is 24.7 Å². The van der Waals surface area contributed by atoms with Crippen molar-refractivity contribution in [3.63, 3.8) is 0 Å². The highest BCUT2D eigenvalue weighted by molar-refractivity contribution is 5.74. The number of carbonyl (C=O) groups is 2. The van der Waals surface area contributed by atoms with E-state index in [9.17, 15) is 9.59 Å². The van der Waals surface area contributed by atoms with Crippen LogP contribution in [0.25, 0.3) is 0 Å². The Balaban J connectivity index is 1.79. The minimum Gasteiger partial charge on any atom is -0.462 e. The average molecular weight is 286 g/mol. The van der Waals surface area contributed by atoms with Crippen LogP contribution in [0.2, 0.25) is 0 Å². The molecule has 0 atom stereocenters. The monoisotopic (exact) mass is 286 g/mol. The van der Waals surface area contributed by atoms with Gasteiger partial charge in [-0.05, 0) is 43.1 Å². The number of hydrogen-bond acceptors (Lipinski definition) is 3. The highest BCUT2D eigenvalue weighted by atomic mass is 16.5. The van der Waals surface area contributed by atoms with Crippen molar-refractivity contribution in [3.05, 3.63) is 47.5 Å². The molecule has 3 nitrogen and oxygen atoms in total. The lowest BCUT2D eigenvalue weighted by Crippen LogP contribution is -2.12. The molecule has 0 N–H and O–H groups in total. The first kappa shape index (κ1) is 15.5. The van der Waals surface area contributed by atoms with E-state index in [1.807, 2.05) is 18.2 Å². The van der Waals surface area contributed by atoms with Crippen LogP contribution in [0.4, 0.5) is 0 Å². The van der Waals surface area contributed by atoms with Crippen LogP contribution < -0.4 is 0 Å². The van der Waals surface area contributed by atoms with Crippen molar-refractivity contribution in [2.24, 2.45) is 5.92 Å². The van der Waals surface area contributed by atoms with Gasteiger partial charge in [-0.2, -0.15) is 0 Å². The minimum atomic E-state index is -0.234. The molecular weight excluding hydrogens is 264 g/mol. The van der Waals surface area contributed by atoms with Crippen LogP contribution >= 0.6 is 0 Å². The van der Waals surface area contributed by atoms with Crippen LogP contribution in [0, 0.1) is 5.92 Å². The van der Waals surface area contributed by atoms with Crippen LogP contribution in [0.5, 0.6) is 0 Å². The molecule has 1 aromatic carbocycles. The van der Waals surface area contributed by atoms with Crippen molar-refractivity contribution in [2.75, 3.05) is 6.61 Å². The summed E-state index contributed by atoms with van der Waals surface area (Å²) < 4.78 is 4.89. The summed E-state index contributed by atoms with van der Waals surface area (Å²) in [6, 6.07) is 7.94. The second-order valence-electron chi connectivity index (χ2n) is 5.63. The van der Waals surface area contributed by atoms with Gasteiger partial charge >= 0.3 is 5.97 Å². The molecular formula is C18H22O3. The molecule has 112 valence electrons. The van der Waals surface area contributed by atoms with Crippen molar-refractivity contribution >= 4 is 12.3 Å². The molecule has 0 radical (unpaired) electrons. The lowest BCUT2D eigenvalue weighted by atomic mass is 9.78. The Morgan fingerprint density at radius 1 is 1.19 bits per heavy atom. The maximum Gasteiger partial charge on any atom is 0.302 e. The summed E-state index contributed by atoms with van der Waals surface area (Å²) in [5.41, 5.74) is 2.07. The van der Waals surface area contributed by atoms with Crippen molar-refractivity contribution in [1.29, 1.82) is 0 Å². The SMILES string of the molecule is CC(=O)OCC=C[C@H]1CC[C@H](c2ccc(C=O)cc2)CC1. The van der Waals surface area contributed by atoms with E-state index in [4.69, 9.17) is 4.74 Å². The third kappa shape index (κ3) is 4.85. The summed E-state index contributed by atoms with van der Waals surface area (Å²) in [7, 11) is 0. The fraction of sp³-hybridized carbons (Fsp3) is 0.444. The predicted molar refractivity (Wildman–Crippen MR) is 82.3 cm³/mol. The Morgan fingerprint density at radius 3 is 2.43 bits per heavy atom. The zero-order valence-electron chi connectivity index (χ0n) is 12.5. The molecule has 0 aromatic heterocycles. The van der Waals surface area contributed by atoms with Gasteiger partial charge in [-0.25, -0.2) is 0 Å². The lowest BCUT2D eigenvalue weighted by Gasteiger charge is -2.27. The number of hydrogen-bond donors (Lipinski definition) is 0. The number of benzene rings is 1. The average Bonchev–Trinajstić information content (AvgIpc) is 2.52. The number of carbonyl (C=O) groups excluding carboxylic acids is 2. The van der Waals surface area contributed by atoms with Gasteiger partial charge in [0.05, 0.1) is 0 Å². The number of aldehydes is 1. The molecule has 0 amide bonds. The van der Waals surface area contributed by atoms with Gasteiger partial charge in [-0.1, -0.05) is 36.4 Å². The quantitative estimate of drug-likeness (QED) is 0.468. The summed E-state index contributed by atoms with van der Waals surface area (Å²) >= 11 is 0. The second-order valence-corrected chi connectivity index (χ2v) is 5.63. The molecule has 1 aromatic rings. The van der Waals surface area contributed by atoms with Gasteiger partial charge in [-0.15, -0.1) is 0 Å². The van der Waals surface area contributed by atoms with E-state index in [2.05, 4.69) is 18.2 Å². The Bertz CT molecular complexity index is 494. The Kier molecular flexibility index (Phi) is 5.73. The molecule has 1 aliphatic carbocycles. The molecule has 3 heteroatoms. The van der Waals surface area contributed by atoms with Crippen molar-refractivity contribution < 1.29 is 14.3 Å². The van der Waals surface area contributed by atoms with E-state index in [1.165, 1.54) is 25.3 Å². The largest absolute Gasteiger partial charge is 0.462 e. The van der Waals surface area contributed by atoms with Crippen molar-refractivity contribution in [2.45, 2.75) is 38.5 Å². The predicted octanol–water partition coefficient (Wildman–Crippen LogP) is 3.89. The zero-order valence-corrected chi connectivity index (χ0v) is 12.5. The minimum absolute atomic E-state index is 0.234. The maximum absolute atomic E-state index is 10.7. The standard InChI is InChI=1S/C18H22O3/c1-14(20)21-12-2-3-15-4-8-17(9-5-15)18-10-6-16(13-19)7-11-18/h2-3,6-7,10-11,13,15,17H,4-5,8-9,12H2,1H3/t15-,17-. The summed E-state index contributed by atoms with van der Waals surface area (Å²) in [6.07, 6.45) is 9.67. The summed E-state index contributed by atoms with van der Waals surface area (Å²) in [5.74, 6) is 0.956. The highest BCUT2D eigenvalue weighted by Gasteiger charge is 2.20. The van der Waals surface area contributed by atoms with Crippen molar-refractivity contribution in [3.8, 4) is 0 Å². The summed E-state index contributed by atoms with van der Waals surface area (Å²) in [5, 5.41) is 0. The number of ether oxygens (including phenoxy) is 1. The molecule has 2 rings (SSSR count). The molecule has 1 aliphatic rings. The molecule has 21 heavy (non-hydrogen) atoms. The molecule has 0 aliphatic heterocycles. The Morgan fingerprint density at radius 2 is 1.86 bits per heavy atom. The molecule has 0 bridgehead atoms. The first-order valence-electron chi connectivity index (χ1n) is 7.54. The normalized spacial score (nSPS) is 22.1. The molecule has 1 saturated carbocycles. The fourth-order valence-corrected chi connectivity index (χ4v) is 2.91. The second kappa shape index (κ2) is 7.77. The van der Waals surface area contributed by atoms with Crippen LogP contribution in [0.15, 0.2) is 36.4 Å². The fourth-order valence-electron chi connectivity index (χ4n) is 2.91. The molecule has 0 spiro atoms. The van der Waals surface area contributed by atoms with Crippen molar-refractivity contribution in [1.82, 2.24) is 0 Å². The number of allylic oxidation sites excluding steroid dienone is 1. The molecule has 0 heterocycles. The highest BCUT2D eigenvalue weighted by Crippen LogP contribution is 2.36. The third-order valence-corrected chi connectivity index (χ3v) is 4.11. The first-order chi connectivity index (χ1) is 10.2. The summed E-state index contributed by atoms with van der Waals surface area (Å²) in [4.78, 5) is 21.3. The molecule has 0 unspecified atom stereocenters. The maximum atomic E-state index is 10.7.